The normalized spacial score (nSPS) is 10.9. The average molecular weight is 323 g/mol. The molecule has 124 valence electrons. The highest BCUT2D eigenvalue weighted by molar-refractivity contribution is 5.87. The molecule has 4 nitrogen and oxygen atoms in total. The quantitative estimate of drug-likeness (QED) is 0.745. The SMILES string of the molecule is COc1ccc2c(c1)c(CCC(=O)O)c(C)n2Cc1ccccc1. The van der Waals surface area contributed by atoms with E-state index in [9.17, 15) is 4.79 Å². The molecule has 0 aliphatic rings. The minimum atomic E-state index is -0.777. The van der Waals surface area contributed by atoms with Gasteiger partial charge >= 0.3 is 5.97 Å². The first-order valence-corrected chi connectivity index (χ1v) is 8.01. The summed E-state index contributed by atoms with van der Waals surface area (Å²) in [6, 6.07) is 16.3. The molecule has 0 atom stereocenters. The molecule has 1 heterocycles. The molecule has 0 amide bonds. The van der Waals surface area contributed by atoms with Crippen LogP contribution in [0.3, 0.4) is 0 Å². The van der Waals surface area contributed by atoms with Gasteiger partial charge in [-0.05, 0) is 42.7 Å². The van der Waals surface area contributed by atoms with Crippen LogP contribution in [0.15, 0.2) is 48.5 Å². The van der Waals surface area contributed by atoms with E-state index in [-0.39, 0.29) is 6.42 Å². The average Bonchev–Trinajstić information content (AvgIpc) is 2.85. The Morgan fingerprint density at radius 3 is 2.58 bits per heavy atom. The van der Waals surface area contributed by atoms with Crippen LogP contribution in [0.2, 0.25) is 0 Å². The van der Waals surface area contributed by atoms with Gasteiger partial charge in [-0.2, -0.15) is 0 Å². The van der Waals surface area contributed by atoms with Gasteiger partial charge < -0.3 is 14.4 Å². The van der Waals surface area contributed by atoms with E-state index in [2.05, 4.69) is 23.6 Å². The number of carbonyl (C=O) groups is 1. The van der Waals surface area contributed by atoms with Crippen molar-refractivity contribution < 1.29 is 14.6 Å². The highest BCUT2D eigenvalue weighted by atomic mass is 16.5. The predicted molar refractivity (Wildman–Crippen MR) is 94.7 cm³/mol. The monoisotopic (exact) mass is 323 g/mol. The summed E-state index contributed by atoms with van der Waals surface area (Å²) in [5.41, 5.74) is 4.53. The first-order valence-electron chi connectivity index (χ1n) is 8.01. The molecule has 1 N–H and O–H groups in total. The number of carboxylic acid groups (broad SMARTS) is 1. The van der Waals surface area contributed by atoms with Crippen molar-refractivity contribution in [2.75, 3.05) is 7.11 Å². The van der Waals surface area contributed by atoms with Gasteiger partial charge in [0, 0.05) is 29.6 Å². The maximum Gasteiger partial charge on any atom is 0.303 e. The van der Waals surface area contributed by atoms with E-state index in [1.54, 1.807) is 7.11 Å². The van der Waals surface area contributed by atoms with Crippen molar-refractivity contribution >= 4 is 16.9 Å². The molecule has 0 spiro atoms. The molecule has 0 aliphatic heterocycles. The second kappa shape index (κ2) is 6.79. The Morgan fingerprint density at radius 1 is 1.17 bits per heavy atom. The topological polar surface area (TPSA) is 51.5 Å². The lowest BCUT2D eigenvalue weighted by Gasteiger charge is -2.09. The second-order valence-electron chi connectivity index (χ2n) is 5.91. The molecule has 4 heteroatoms. The van der Waals surface area contributed by atoms with Crippen molar-refractivity contribution in [1.29, 1.82) is 0 Å². The summed E-state index contributed by atoms with van der Waals surface area (Å²) in [5, 5.41) is 10.1. The molecular weight excluding hydrogens is 302 g/mol. The number of aromatic nitrogens is 1. The van der Waals surface area contributed by atoms with E-state index in [0.29, 0.717) is 6.42 Å². The van der Waals surface area contributed by atoms with Crippen LogP contribution in [-0.4, -0.2) is 22.8 Å². The summed E-state index contributed by atoms with van der Waals surface area (Å²) in [6.07, 6.45) is 0.648. The van der Waals surface area contributed by atoms with Crippen LogP contribution in [0.1, 0.15) is 23.2 Å². The van der Waals surface area contributed by atoms with Gasteiger partial charge in [0.1, 0.15) is 5.75 Å². The molecular formula is C20H21NO3. The smallest absolute Gasteiger partial charge is 0.303 e. The van der Waals surface area contributed by atoms with Gasteiger partial charge in [-0.1, -0.05) is 30.3 Å². The first kappa shape index (κ1) is 16.1. The van der Waals surface area contributed by atoms with Crippen LogP contribution in [0.4, 0.5) is 0 Å². The zero-order valence-corrected chi connectivity index (χ0v) is 14.0. The number of nitrogens with zero attached hydrogens (tertiary/aromatic N) is 1. The fourth-order valence-corrected chi connectivity index (χ4v) is 3.17. The molecule has 3 aromatic rings. The molecule has 0 bridgehead atoms. The third-order valence-electron chi connectivity index (χ3n) is 4.43. The van der Waals surface area contributed by atoms with Gasteiger partial charge in [0.15, 0.2) is 0 Å². The number of aliphatic carboxylic acids is 1. The first-order chi connectivity index (χ1) is 11.6. The van der Waals surface area contributed by atoms with Crippen LogP contribution in [0.25, 0.3) is 10.9 Å². The second-order valence-corrected chi connectivity index (χ2v) is 5.91. The lowest BCUT2D eigenvalue weighted by atomic mass is 10.1. The molecule has 3 rings (SSSR count). The van der Waals surface area contributed by atoms with Crippen LogP contribution in [-0.2, 0) is 17.8 Å². The van der Waals surface area contributed by atoms with E-state index in [4.69, 9.17) is 9.84 Å². The largest absolute Gasteiger partial charge is 0.497 e. The van der Waals surface area contributed by atoms with Gasteiger partial charge in [0.05, 0.1) is 7.11 Å². The summed E-state index contributed by atoms with van der Waals surface area (Å²) in [7, 11) is 1.64. The molecule has 24 heavy (non-hydrogen) atoms. The predicted octanol–water partition coefficient (Wildman–Crippen LogP) is 4.02. The van der Waals surface area contributed by atoms with Crippen molar-refractivity contribution in [1.82, 2.24) is 4.57 Å². The number of rotatable bonds is 6. The van der Waals surface area contributed by atoms with Crippen molar-refractivity contribution in [3.63, 3.8) is 0 Å². The number of aryl methyl sites for hydroxylation is 1. The Morgan fingerprint density at radius 2 is 1.92 bits per heavy atom. The Balaban J connectivity index is 2.10. The molecule has 1 aromatic heterocycles. The Labute approximate surface area is 141 Å². The van der Waals surface area contributed by atoms with E-state index >= 15 is 0 Å². The summed E-state index contributed by atoms with van der Waals surface area (Å²) in [5.74, 6) is 0.0113. The minimum Gasteiger partial charge on any atom is -0.497 e. The summed E-state index contributed by atoms with van der Waals surface area (Å²) in [6.45, 7) is 2.83. The van der Waals surface area contributed by atoms with Gasteiger partial charge in [-0.15, -0.1) is 0 Å². The van der Waals surface area contributed by atoms with Gasteiger partial charge in [-0.25, -0.2) is 0 Å². The third kappa shape index (κ3) is 3.13. The fraction of sp³-hybridized carbons (Fsp3) is 0.250. The van der Waals surface area contributed by atoms with Crippen LogP contribution in [0, 0.1) is 6.92 Å². The van der Waals surface area contributed by atoms with E-state index in [1.807, 2.05) is 36.4 Å². The van der Waals surface area contributed by atoms with Gasteiger partial charge in [-0.3, -0.25) is 4.79 Å². The fourth-order valence-electron chi connectivity index (χ4n) is 3.17. The lowest BCUT2D eigenvalue weighted by molar-refractivity contribution is -0.136. The standard InChI is InChI=1S/C20H21NO3/c1-14-17(9-11-20(22)23)18-12-16(24-2)8-10-19(18)21(14)13-15-6-4-3-5-7-15/h3-8,10,12H,9,11,13H2,1-2H3,(H,22,23). The van der Waals surface area contributed by atoms with Crippen LogP contribution < -0.4 is 4.74 Å². The number of methoxy groups -OCH3 is 1. The highest BCUT2D eigenvalue weighted by Gasteiger charge is 2.16. The zero-order chi connectivity index (χ0) is 17.1. The Kier molecular flexibility index (Phi) is 4.56. The maximum atomic E-state index is 11.0. The molecule has 0 aliphatic carbocycles. The molecule has 0 unspecified atom stereocenters. The van der Waals surface area contributed by atoms with E-state index in [1.165, 1.54) is 5.56 Å². The molecule has 0 saturated heterocycles. The number of carboxylic acids is 1. The van der Waals surface area contributed by atoms with Crippen LogP contribution in [0.5, 0.6) is 5.75 Å². The van der Waals surface area contributed by atoms with Crippen molar-refractivity contribution in [3.8, 4) is 5.75 Å². The number of fused-ring (bicyclic) bond motifs is 1. The summed E-state index contributed by atoms with van der Waals surface area (Å²) in [4.78, 5) is 11.0. The molecule has 2 aromatic carbocycles. The molecule has 0 radical (unpaired) electrons. The van der Waals surface area contributed by atoms with Crippen LogP contribution >= 0.6 is 0 Å². The highest BCUT2D eigenvalue weighted by Crippen LogP contribution is 2.31. The van der Waals surface area contributed by atoms with E-state index < -0.39 is 5.97 Å². The number of hydrogen-bond acceptors (Lipinski definition) is 2. The third-order valence-corrected chi connectivity index (χ3v) is 4.43. The van der Waals surface area contributed by atoms with Gasteiger partial charge in [0.2, 0.25) is 0 Å². The summed E-state index contributed by atoms with van der Waals surface area (Å²) >= 11 is 0. The van der Waals surface area contributed by atoms with Gasteiger partial charge in [0.25, 0.3) is 0 Å². The van der Waals surface area contributed by atoms with Crippen molar-refractivity contribution in [2.24, 2.45) is 0 Å². The van der Waals surface area contributed by atoms with E-state index in [0.717, 1.165) is 34.5 Å². The van der Waals surface area contributed by atoms with Crippen molar-refractivity contribution in [2.45, 2.75) is 26.3 Å². The Hall–Kier alpha value is -2.75. The number of hydrogen-bond donors (Lipinski definition) is 1. The lowest BCUT2D eigenvalue weighted by Crippen LogP contribution is -2.03. The minimum absolute atomic E-state index is 0.127. The van der Waals surface area contributed by atoms with Crippen molar-refractivity contribution in [3.05, 3.63) is 65.4 Å². The summed E-state index contributed by atoms with van der Waals surface area (Å²) < 4.78 is 7.60. The number of ether oxygens (including phenoxy) is 1. The Bertz CT molecular complexity index is 865. The number of benzene rings is 2. The zero-order valence-electron chi connectivity index (χ0n) is 14.0. The molecule has 0 fully saturated rings. The molecule has 0 saturated carbocycles. The maximum absolute atomic E-state index is 11.0.